The summed E-state index contributed by atoms with van der Waals surface area (Å²) in [5.74, 6) is 3.97. The Kier molecular flexibility index (Phi) is 13.7. The number of carbonyl (C=O) groups is 2. The van der Waals surface area contributed by atoms with Gasteiger partial charge in [-0.2, -0.15) is 0 Å². The van der Waals surface area contributed by atoms with E-state index in [-0.39, 0.29) is 23.9 Å². The van der Waals surface area contributed by atoms with E-state index in [1.54, 1.807) is 14.2 Å². The van der Waals surface area contributed by atoms with Crippen molar-refractivity contribution in [1.29, 1.82) is 0 Å². The third-order valence-electron chi connectivity index (χ3n) is 10.3. The summed E-state index contributed by atoms with van der Waals surface area (Å²) in [6.45, 7) is 6.74. The van der Waals surface area contributed by atoms with Crippen molar-refractivity contribution in [3.05, 3.63) is 72.6 Å². The van der Waals surface area contributed by atoms with Crippen LogP contribution in [0.2, 0.25) is 0 Å². The number of imidazole rings is 2. The maximum Gasteiger partial charge on any atom is 0.241 e. The Balaban J connectivity index is 1.06. The predicted octanol–water partition coefficient (Wildman–Crippen LogP) is 6.31. The largest absolute Gasteiger partial charge is 0.496 e. The molecule has 4 heterocycles. The molecule has 0 saturated heterocycles. The molecule has 290 valence electrons. The molecule has 0 fully saturated rings. The van der Waals surface area contributed by atoms with Gasteiger partial charge in [0.25, 0.3) is 0 Å². The summed E-state index contributed by atoms with van der Waals surface area (Å²) >= 11 is 0. The van der Waals surface area contributed by atoms with Gasteiger partial charge in [-0.1, -0.05) is 85.4 Å². The molecule has 2 aliphatic rings. The highest BCUT2D eigenvalue weighted by atomic mass is 33.1. The zero-order chi connectivity index (χ0) is 38.2. The van der Waals surface area contributed by atoms with Crippen LogP contribution in [0.3, 0.4) is 0 Å². The number of hydrogen-bond acceptors (Lipinski definition) is 10. The fraction of sp³-hybridized carbons (Fsp3) is 0.500. The number of fused-ring (bicyclic) bond motifs is 2. The fourth-order valence-corrected chi connectivity index (χ4v) is 9.68. The first kappa shape index (κ1) is 39.7. The van der Waals surface area contributed by atoms with Gasteiger partial charge in [0.05, 0.1) is 49.8 Å². The summed E-state index contributed by atoms with van der Waals surface area (Å²) in [5, 5.41) is 0. The Morgan fingerprint density at radius 1 is 0.704 bits per heavy atom. The molecule has 0 spiro atoms. The third kappa shape index (κ3) is 8.61. The van der Waals surface area contributed by atoms with Gasteiger partial charge in [0.2, 0.25) is 11.8 Å². The van der Waals surface area contributed by atoms with Gasteiger partial charge in [0.15, 0.2) is 0 Å². The number of amides is 2. The van der Waals surface area contributed by atoms with Crippen LogP contribution < -0.4 is 20.9 Å². The second-order valence-corrected chi connectivity index (χ2v) is 16.5. The topological polar surface area (TPSA) is 147 Å². The van der Waals surface area contributed by atoms with Crippen LogP contribution in [0.5, 0.6) is 11.5 Å². The van der Waals surface area contributed by atoms with Gasteiger partial charge in [-0.25, -0.2) is 9.97 Å². The van der Waals surface area contributed by atoms with E-state index in [1.807, 2.05) is 58.3 Å². The molecule has 2 amide bonds. The summed E-state index contributed by atoms with van der Waals surface area (Å²) in [4.78, 5) is 41.7. The smallest absolute Gasteiger partial charge is 0.241 e. The number of aromatic nitrogens is 4. The average Bonchev–Trinajstić information content (AvgIpc) is 3.85. The van der Waals surface area contributed by atoms with E-state index in [1.165, 1.54) is 21.6 Å². The number of nitrogens with two attached hydrogens (primary N) is 2. The van der Waals surface area contributed by atoms with Crippen molar-refractivity contribution in [2.24, 2.45) is 11.5 Å². The number of hydrogen-bond donors (Lipinski definition) is 2. The molecule has 0 saturated carbocycles. The van der Waals surface area contributed by atoms with E-state index < -0.39 is 12.1 Å². The first-order valence-electron chi connectivity index (χ1n) is 19.1. The van der Waals surface area contributed by atoms with E-state index >= 15 is 0 Å². The van der Waals surface area contributed by atoms with Gasteiger partial charge in [-0.15, -0.1) is 0 Å². The number of para-hydroxylation sites is 2. The molecule has 0 aliphatic carbocycles. The lowest BCUT2D eigenvalue weighted by Crippen LogP contribution is -2.50. The second kappa shape index (κ2) is 18.6. The molecule has 2 aromatic heterocycles. The first-order chi connectivity index (χ1) is 26.3. The van der Waals surface area contributed by atoms with Gasteiger partial charge in [0, 0.05) is 61.2 Å². The Morgan fingerprint density at radius 3 is 1.50 bits per heavy atom. The van der Waals surface area contributed by atoms with Crippen molar-refractivity contribution >= 4 is 33.4 Å². The monoisotopic (exact) mass is 774 g/mol. The van der Waals surface area contributed by atoms with E-state index in [9.17, 15) is 9.59 Å². The molecule has 0 bridgehead atoms. The molecule has 4 atom stereocenters. The van der Waals surface area contributed by atoms with Crippen LogP contribution in [-0.4, -0.2) is 91.6 Å². The minimum Gasteiger partial charge on any atom is -0.496 e. The SMILES string of the molecule is CCCC[C@H]1c2nc(-c3ccccc3OC)cn2CCN1C(=O)[C@H](N)CSSC[C@@H](N)C(=O)N1CCn2cc(-c3ccccc3OC)nc2[C@@H]1CCCC. The molecule has 4 aromatic rings. The summed E-state index contributed by atoms with van der Waals surface area (Å²) in [6, 6.07) is 14.0. The number of ether oxygens (including phenoxy) is 2. The van der Waals surface area contributed by atoms with Crippen molar-refractivity contribution in [3.8, 4) is 34.0 Å². The molecule has 0 radical (unpaired) electrons. The lowest BCUT2D eigenvalue weighted by Gasteiger charge is -2.37. The highest BCUT2D eigenvalue weighted by Crippen LogP contribution is 2.37. The highest BCUT2D eigenvalue weighted by molar-refractivity contribution is 8.76. The summed E-state index contributed by atoms with van der Waals surface area (Å²) < 4.78 is 15.5. The van der Waals surface area contributed by atoms with Gasteiger partial charge in [-0.3, -0.25) is 9.59 Å². The van der Waals surface area contributed by atoms with Crippen LogP contribution in [0.1, 0.15) is 76.1 Å². The van der Waals surface area contributed by atoms with E-state index in [0.717, 1.165) is 84.2 Å². The first-order valence-corrected chi connectivity index (χ1v) is 21.6. The van der Waals surface area contributed by atoms with E-state index in [4.69, 9.17) is 30.9 Å². The molecule has 4 N–H and O–H groups in total. The number of benzene rings is 2. The molecule has 6 rings (SSSR count). The highest BCUT2D eigenvalue weighted by Gasteiger charge is 2.37. The summed E-state index contributed by atoms with van der Waals surface area (Å²) in [6.07, 6.45) is 9.72. The van der Waals surface area contributed by atoms with Gasteiger partial charge in [0.1, 0.15) is 23.1 Å². The number of carbonyl (C=O) groups excluding carboxylic acids is 2. The Morgan fingerprint density at radius 2 is 1.11 bits per heavy atom. The van der Waals surface area contributed by atoms with E-state index in [0.29, 0.717) is 37.7 Å². The van der Waals surface area contributed by atoms with Crippen LogP contribution in [0, 0.1) is 0 Å². The van der Waals surface area contributed by atoms with Gasteiger partial charge < -0.3 is 39.9 Å². The zero-order valence-corrected chi connectivity index (χ0v) is 33.5. The minimum absolute atomic E-state index is 0.0762. The van der Waals surface area contributed by atoms with Crippen LogP contribution in [0.4, 0.5) is 0 Å². The minimum atomic E-state index is -0.689. The number of nitrogens with zero attached hydrogens (tertiary/aromatic N) is 6. The lowest BCUT2D eigenvalue weighted by molar-refractivity contribution is -0.136. The predicted molar refractivity (Wildman–Crippen MR) is 217 cm³/mol. The molecule has 2 aliphatic heterocycles. The Hall–Kier alpha value is -3.98. The van der Waals surface area contributed by atoms with E-state index in [2.05, 4.69) is 35.4 Å². The summed E-state index contributed by atoms with van der Waals surface area (Å²) in [5.41, 5.74) is 16.7. The van der Waals surface area contributed by atoms with Crippen molar-refractivity contribution < 1.29 is 19.1 Å². The normalized spacial score (nSPS) is 17.8. The molecule has 0 unspecified atom stereocenters. The molecule has 12 nitrogen and oxygen atoms in total. The molecular weight excluding hydrogens is 721 g/mol. The number of methoxy groups -OCH3 is 2. The van der Waals surface area contributed by atoms with Gasteiger partial charge in [-0.05, 0) is 37.1 Å². The van der Waals surface area contributed by atoms with Crippen LogP contribution in [0.15, 0.2) is 60.9 Å². The third-order valence-corrected chi connectivity index (χ3v) is 12.8. The van der Waals surface area contributed by atoms with Crippen molar-refractivity contribution in [2.75, 3.05) is 38.8 Å². The quantitative estimate of drug-likeness (QED) is 0.0924. The second-order valence-electron chi connectivity index (χ2n) is 13.9. The average molecular weight is 775 g/mol. The Labute approximate surface area is 326 Å². The molecule has 54 heavy (non-hydrogen) atoms. The molecular formula is C40H54N8O4S2. The Bertz CT molecular complexity index is 1750. The summed E-state index contributed by atoms with van der Waals surface area (Å²) in [7, 11) is 6.32. The van der Waals surface area contributed by atoms with Crippen LogP contribution >= 0.6 is 21.6 Å². The number of rotatable bonds is 17. The lowest BCUT2D eigenvalue weighted by atomic mass is 10.0. The van der Waals surface area contributed by atoms with Crippen LogP contribution in [0.25, 0.3) is 22.5 Å². The van der Waals surface area contributed by atoms with Crippen molar-refractivity contribution in [1.82, 2.24) is 28.9 Å². The van der Waals surface area contributed by atoms with Gasteiger partial charge >= 0.3 is 0 Å². The maximum absolute atomic E-state index is 13.9. The maximum atomic E-state index is 13.9. The number of unbranched alkanes of at least 4 members (excludes halogenated alkanes) is 2. The fourth-order valence-electron chi connectivity index (χ4n) is 7.45. The van der Waals surface area contributed by atoms with Crippen molar-refractivity contribution in [2.45, 2.75) is 89.6 Å². The molecule has 2 aromatic carbocycles. The molecule has 14 heteroatoms. The van der Waals surface area contributed by atoms with Crippen LogP contribution in [-0.2, 0) is 22.7 Å². The van der Waals surface area contributed by atoms with Crippen molar-refractivity contribution in [3.63, 3.8) is 0 Å². The zero-order valence-electron chi connectivity index (χ0n) is 31.9. The standard InChI is InChI=1S/C40H54N8O4S2/c1-5-7-15-33-37-43-31(27-13-9-11-17-35(27)51-3)23-45(37)19-21-47(33)39(49)29(41)25-53-54-26-30(42)40(50)48-22-20-46-24-32(28-14-10-12-18-36(28)52-4)44-38(46)34(48)16-8-6-2/h9-14,17-18,23-24,29-30,33-34H,5-8,15-16,19-22,25-26,41-42H2,1-4H3/t29-,30-,33+,34+/m1/s1.